The Balaban J connectivity index is 1.62. The SMILES string of the molecule is COc1cccc(C=NN=C(N)SCc2ccccc2)c1OCC1OCCO1. The largest absolute Gasteiger partial charge is 0.493 e. The Bertz CT molecular complexity index is 808. The molecule has 0 aliphatic carbocycles. The van der Waals surface area contributed by atoms with Crippen LogP contribution in [0, 0.1) is 0 Å². The maximum atomic E-state index is 5.93. The zero-order valence-corrected chi connectivity index (χ0v) is 16.4. The first-order chi connectivity index (χ1) is 13.8. The van der Waals surface area contributed by atoms with Crippen LogP contribution in [-0.4, -0.2) is 44.6 Å². The van der Waals surface area contributed by atoms with Gasteiger partial charge < -0.3 is 24.7 Å². The maximum Gasteiger partial charge on any atom is 0.191 e. The molecule has 1 saturated heterocycles. The zero-order valence-electron chi connectivity index (χ0n) is 15.6. The monoisotopic (exact) mass is 401 g/mol. The van der Waals surface area contributed by atoms with Gasteiger partial charge in [0, 0.05) is 11.3 Å². The van der Waals surface area contributed by atoms with E-state index in [4.69, 9.17) is 24.7 Å². The molecule has 28 heavy (non-hydrogen) atoms. The van der Waals surface area contributed by atoms with Gasteiger partial charge in [0.1, 0.15) is 6.61 Å². The number of methoxy groups -OCH3 is 1. The van der Waals surface area contributed by atoms with Gasteiger partial charge in [-0.1, -0.05) is 48.2 Å². The third-order valence-electron chi connectivity index (χ3n) is 3.87. The normalized spacial score (nSPS) is 15.2. The summed E-state index contributed by atoms with van der Waals surface area (Å²) in [6.45, 7) is 1.41. The molecule has 0 atom stereocenters. The highest BCUT2D eigenvalue weighted by atomic mass is 32.2. The summed E-state index contributed by atoms with van der Waals surface area (Å²) in [5, 5.41) is 8.53. The summed E-state index contributed by atoms with van der Waals surface area (Å²) in [6.07, 6.45) is 1.21. The molecule has 1 aliphatic rings. The van der Waals surface area contributed by atoms with Crippen molar-refractivity contribution >= 4 is 23.1 Å². The van der Waals surface area contributed by atoms with Gasteiger partial charge in [0.05, 0.1) is 26.5 Å². The number of benzene rings is 2. The topological polar surface area (TPSA) is 87.7 Å². The van der Waals surface area contributed by atoms with Gasteiger partial charge in [-0.2, -0.15) is 5.10 Å². The lowest BCUT2D eigenvalue weighted by Crippen LogP contribution is -2.19. The molecule has 1 aliphatic heterocycles. The molecule has 0 saturated carbocycles. The van der Waals surface area contributed by atoms with E-state index in [0.717, 1.165) is 11.3 Å². The number of hydrogen-bond acceptors (Lipinski definition) is 7. The summed E-state index contributed by atoms with van der Waals surface area (Å²) in [5.41, 5.74) is 7.83. The minimum absolute atomic E-state index is 0.263. The second kappa shape index (κ2) is 10.7. The standard InChI is InChI=1S/C20H23N3O4S/c1-24-17-9-5-8-16(19(17)27-13-18-25-10-11-26-18)12-22-23-20(21)28-14-15-6-3-2-4-7-15/h2-9,12,18H,10-11,13-14H2,1H3,(H2,21,23). The van der Waals surface area contributed by atoms with Gasteiger partial charge in [-0.25, -0.2) is 0 Å². The second-order valence-corrected chi connectivity index (χ2v) is 6.81. The first-order valence-electron chi connectivity index (χ1n) is 8.82. The van der Waals surface area contributed by atoms with Crippen LogP contribution in [0.1, 0.15) is 11.1 Å². The lowest BCUT2D eigenvalue weighted by Gasteiger charge is -2.15. The van der Waals surface area contributed by atoms with Gasteiger partial charge in [-0.05, 0) is 17.7 Å². The number of nitrogens with two attached hydrogens (primary N) is 1. The van der Waals surface area contributed by atoms with E-state index in [-0.39, 0.29) is 12.9 Å². The Kier molecular flexibility index (Phi) is 7.71. The maximum absolute atomic E-state index is 5.93. The summed E-state index contributed by atoms with van der Waals surface area (Å²) < 4.78 is 22.0. The molecule has 8 heteroatoms. The average molecular weight is 401 g/mol. The third kappa shape index (κ3) is 5.98. The molecule has 148 valence electrons. The van der Waals surface area contributed by atoms with Gasteiger partial charge in [0.25, 0.3) is 0 Å². The molecule has 1 heterocycles. The molecular weight excluding hydrogens is 378 g/mol. The van der Waals surface area contributed by atoms with Crippen LogP contribution < -0.4 is 15.2 Å². The molecule has 0 unspecified atom stereocenters. The van der Waals surface area contributed by atoms with Crippen molar-refractivity contribution < 1.29 is 18.9 Å². The fourth-order valence-electron chi connectivity index (χ4n) is 2.51. The van der Waals surface area contributed by atoms with Crippen molar-refractivity contribution in [1.82, 2.24) is 0 Å². The Morgan fingerprint density at radius 1 is 1.18 bits per heavy atom. The highest BCUT2D eigenvalue weighted by Gasteiger charge is 2.18. The van der Waals surface area contributed by atoms with Gasteiger partial charge in [0.15, 0.2) is 23.0 Å². The predicted molar refractivity (Wildman–Crippen MR) is 111 cm³/mol. The zero-order chi connectivity index (χ0) is 19.6. The summed E-state index contributed by atoms with van der Waals surface area (Å²) in [7, 11) is 1.59. The van der Waals surface area contributed by atoms with Gasteiger partial charge in [0.2, 0.25) is 0 Å². The molecule has 0 radical (unpaired) electrons. The van der Waals surface area contributed by atoms with Crippen LogP contribution in [0.3, 0.4) is 0 Å². The lowest BCUT2D eigenvalue weighted by molar-refractivity contribution is -0.0687. The van der Waals surface area contributed by atoms with Gasteiger partial charge in [-0.15, -0.1) is 5.10 Å². The summed E-state index contributed by atoms with van der Waals surface area (Å²) >= 11 is 1.43. The van der Waals surface area contributed by atoms with E-state index in [1.807, 2.05) is 48.5 Å². The number of thioether (sulfide) groups is 1. The third-order valence-corrected chi connectivity index (χ3v) is 4.72. The second-order valence-electron chi connectivity index (χ2n) is 5.82. The van der Waals surface area contributed by atoms with Crippen LogP contribution in [0.15, 0.2) is 58.7 Å². The van der Waals surface area contributed by atoms with Crippen molar-refractivity contribution in [2.24, 2.45) is 15.9 Å². The molecular formula is C20H23N3O4S. The average Bonchev–Trinajstić information content (AvgIpc) is 3.25. The molecule has 0 aromatic heterocycles. The molecule has 0 bridgehead atoms. The molecule has 3 rings (SSSR count). The predicted octanol–water partition coefficient (Wildman–Crippen LogP) is 3.03. The van der Waals surface area contributed by atoms with E-state index in [9.17, 15) is 0 Å². The molecule has 7 nitrogen and oxygen atoms in total. The van der Waals surface area contributed by atoms with Crippen molar-refractivity contribution in [1.29, 1.82) is 0 Å². The number of para-hydroxylation sites is 1. The highest BCUT2D eigenvalue weighted by molar-refractivity contribution is 8.13. The number of ether oxygens (including phenoxy) is 4. The van der Waals surface area contributed by atoms with Crippen molar-refractivity contribution in [2.45, 2.75) is 12.0 Å². The van der Waals surface area contributed by atoms with Gasteiger partial charge in [-0.3, -0.25) is 0 Å². The Hall–Kier alpha value is -2.55. The van der Waals surface area contributed by atoms with Crippen molar-refractivity contribution in [2.75, 3.05) is 26.9 Å². The summed E-state index contributed by atoms with van der Waals surface area (Å²) in [6, 6.07) is 15.6. The van der Waals surface area contributed by atoms with Gasteiger partial charge >= 0.3 is 0 Å². The molecule has 0 spiro atoms. The molecule has 0 amide bonds. The molecule has 2 aromatic carbocycles. The lowest BCUT2D eigenvalue weighted by atomic mass is 10.2. The quantitative estimate of drug-likeness (QED) is 0.416. The fraction of sp³-hybridized carbons (Fsp3) is 0.300. The van der Waals surface area contributed by atoms with E-state index in [2.05, 4.69) is 10.2 Å². The van der Waals surface area contributed by atoms with E-state index in [0.29, 0.717) is 29.9 Å². The molecule has 1 fully saturated rings. The van der Waals surface area contributed by atoms with Crippen LogP contribution in [0.2, 0.25) is 0 Å². The van der Waals surface area contributed by atoms with Crippen molar-refractivity contribution in [3.05, 3.63) is 59.7 Å². The van der Waals surface area contributed by atoms with E-state index in [1.165, 1.54) is 17.3 Å². The summed E-state index contributed by atoms with van der Waals surface area (Å²) in [4.78, 5) is 0. The van der Waals surface area contributed by atoms with Crippen LogP contribution in [-0.2, 0) is 15.2 Å². The number of amidine groups is 1. The number of hydrogen-bond donors (Lipinski definition) is 1. The minimum Gasteiger partial charge on any atom is -0.493 e. The van der Waals surface area contributed by atoms with E-state index >= 15 is 0 Å². The number of rotatable bonds is 8. The smallest absolute Gasteiger partial charge is 0.191 e. The van der Waals surface area contributed by atoms with Crippen LogP contribution in [0.4, 0.5) is 0 Å². The fourth-order valence-corrected chi connectivity index (χ4v) is 3.12. The Labute approximate surface area is 168 Å². The van der Waals surface area contributed by atoms with E-state index < -0.39 is 0 Å². The first-order valence-corrected chi connectivity index (χ1v) is 9.81. The Morgan fingerprint density at radius 2 is 1.96 bits per heavy atom. The van der Waals surface area contributed by atoms with E-state index in [1.54, 1.807) is 13.3 Å². The summed E-state index contributed by atoms with van der Waals surface area (Å²) in [5.74, 6) is 1.89. The van der Waals surface area contributed by atoms with Crippen LogP contribution >= 0.6 is 11.8 Å². The Morgan fingerprint density at radius 3 is 2.71 bits per heavy atom. The minimum atomic E-state index is -0.377. The van der Waals surface area contributed by atoms with Crippen molar-refractivity contribution in [3.8, 4) is 11.5 Å². The number of nitrogens with zero attached hydrogens (tertiary/aromatic N) is 2. The van der Waals surface area contributed by atoms with Crippen molar-refractivity contribution in [3.63, 3.8) is 0 Å². The molecule has 2 N–H and O–H groups in total. The van der Waals surface area contributed by atoms with Crippen LogP contribution in [0.25, 0.3) is 0 Å². The molecule has 2 aromatic rings. The first kappa shape index (κ1) is 20.2. The highest BCUT2D eigenvalue weighted by Crippen LogP contribution is 2.30. The van der Waals surface area contributed by atoms with Crippen LogP contribution in [0.5, 0.6) is 11.5 Å².